The Morgan fingerprint density at radius 2 is 1.83 bits per heavy atom. The Hall–Kier alpha value is -3.75. The van der Waals surface area contributed by atoms with Crippen molar-refractivity contribution in [3.63, 3.8) is 0 Å². The van der Waals surface area contributed by atoms with Gasteiger partial charge < -0.3 is 15.2 Å². The minimum atomic E-state index is -0.415. The summed E-state index contributed by atoms with van der Waals surface area (Å²) in [6, 6.07) is 8.37. The maximum Gasteiger partial charge on any atom is 0.257 e. The van der Waals surface area contributed by atoms with E-state index in [2.05, 4.69) is 15.7 Å². The minimum absolute atomic E-state index is 0.203. The van der Waals surface area contributed by atoms with E-state index in [0.29, 0.717) is 11.4 Å². The van der Waals surface area contributed by atoms with Crippen LogP contribution in [0.4, 0.5) is 10.1 Å². The minimum Gasteiger partial charge on any atom is -0.350 e. The zero-order valence-corrected chi connectivity index (χ0v) is 16.0. The number of amides is 2. The molecule has 3 rings (SSSR count). The van der Waals surface area contributed by atoms with Gasteiger partial charge in [0, 0.05) is 32.1 Å². The molecule has 0 radical (unpaired) electrons. The van der Waals surface area contributed by atoms with Crippen molar-refractivity contribution in [2.45, 2.75) is 20.0 Å². The summed E-state index contributed by atoms with van der Waals surface area (Å²) in [5.74, 6) is -1.18. The number of hydrogen-bond donors (Lipinski definition) is 2. The van der Waals surface area contributed by atoms with Crippen molar-refractivity contribution in [2.75, 3.05) is 5.32 Å². The van der Waals surface area contributed by atoms with Crippen molar-refractivity contribution in [1.82, 2.24) is 19.7 Å². The van der Waals surface area contributed by atoms with E-state index < -0.39 is 17.4 Å². The van der Waals surface area contributed by atoms with Crippen molar-refractivity contribution >= 4 is 17.5 Å². The van der Waals surface area contributed by atoms with E-state index in [1.807, 2.05) is 0 Å². The fourth-order valence-electron chi connectivity index (χ4n) is 2.72. The van der Waals surface area contributed by atoms with Crippen molar-refractivity contribution in [1.29, 1.82) is 0 Å². The lowest BCUT2D eigenvalue weighted by atomic mass is 10.2. The number of rotatable bonds is 6. The molecule has 0 aliphatic heterocycles. The van der Waals surface area contributed by atoms with Crippen LogP contribution in [-0.2, 0) is 24.9 Å². The molecule has 9 heteroatoms. The van der Waals surface area contributed by atoms with E-state index in [1.54, 1.807) is 37.0 Å². The number of pyridine rings is 1. The molecule has 2 N–H and O–H groups in total. The molecule has 1 aromatic carbocycles. The Kier molecular flexibility index (Phi) is 5.87. The predicted molar refractivity (Wildman–Crippen MR) is 105 cm³/mol. The van der Waals surface area contributed by atoms with Crippen LogP contribution in [0.15, 0.2) is 53.6 Å². The topological polar surface area (TPSA) is 98.0 Å². The Balaban J connectivity index is 1.65. The van der Waals surface area contributed by atoms with Crippen LogP contribution < -0.4 is 16.2 Å². The molecular weight excluding hydrogens is 377 g/mol. The van der Waals surface area contributed by atoms with Gasteiger partial charge in [0.2, 0.25) is 5.91 Å². The van der Waals surface area contributed by atoms with Gasteiger partial charge in [0.05, 0.1) is 16.9 Å². The third-order valence-corrected chi connectivity index (χ3v) is 4.22. The first-order valence-electron chi connectivity index (χ1n) is 8.85. The van der Waals surface area contributed by atoms with E-state index in [9.17, 15) is 18.8 Å². The van der Waals surface area contributed by atoms with Crippen molar-refractivity contribution in [3.05, 3.63) is 81.8 Å². The van der Waals surface area contributed by atoms with E-state index in [1.165, 1.54) is 30.5 Å². The van der Waals surface area contributed by atoms with Crippen LogP contribution >= 0.6 is 0 Å². The monoisotopic (exact) mass is 397 g/mol. The molecule has 0 saturated heterocycles. The molecule has 3 aromatic rings. The number of aromatic nitrogens is 3. The van der Waals surface area contributed by atoms with Gasteiger partial charge in [0.25, 0.3) is 11.5 Å². The summed E-state index contributed by atoms with van der Waals surface area (Å²) >= 11 is 0. The summed E-state index contributed by atoms with van der Waals surface area (Å²) in [4.78, 5) is 36.7. The predicted octanol–water partition coefficient (Wildman–Crippen LogP) is 1.60. The molecule has 0 fully saturated rings. The number of nitrogens with zero attached hydrogens (tertiary/aromatic N) is 3. The zero-order valence-electron chi connectivity index (χ0n) is 16.0. The van der Waals surface area contributed by atoms with Gasteiger partial charge in [-0.2, -0.15) is 5.10 Å². The number of aryl methyl sites for hydroxylation is 2. The molecule has 29 heavy (non-hydrogen) atoms. The van der Waals surface area contributed by atoms with Crippen LogP contribution in [0.25, 0.3) is 0 Å². The first-order valence-corrected chi connectivity index (χ1v) is 8.85. The largest absolute Gasteiger partial charge is 0.350 e. The van der Waals surface area contributed by atoms with E-state index in [4.69, 9.17) is 0 Å². The van der Waals surface area contributed by atoms with E-state index in [-0.39, 0.29) is 24.5 Å². The molecule has 8 nitrogen and oxygen atoms in total. The maximum atomic E-state index is 12.9. The fourth-order valence-corrected chi connectivity index (χ4v) is 2.72. The van der Waals surface area contributed by atoms with Gasteiger partial charge >= 0.3 is 0 Å². The number of anilines is 1. The molecule has 0 atom stereocenters. The standard InChI is InChI=1S/C20H20FN5O3/c1-13-17(11-25(2)24-13)23-20(29)15-5-8-19(28)26(10-15)12-18(27)22-9-14-3-6-16(21)7-4-14/h3-8,10-11H,9,12H2,1-2H3,(H,22,27)(H,23,29). The van der Waals surface area contributed by atoms with Crippen molar-refractivity contribution < 1.29 is 14.0 Å². The van der Waals surface area contributed by atoms with Crippen molar-refractivity contribution in [3.8, 4) is 0 Å². The van der Waals surface area contributed by atoms with Crippen LogP contribution in [0.1, 0.15) is 21.6 Å². The maximum absolute atomic E-state index is 12.9. The highest BCUT2D eigenvalue weighted by atomic mass is 19.1. The SMILES string of the molecule is Cc1nn(C)cc1NC(=O)c1ccc(=O)n(CC(=O)NCc2ccc(F)cc2)c1. The molecule has 0 aliphatic carbocycles. The summed E-state index contributed by atoms with van der Waals surface area (Å²) in [5.41, 5.74) is 1.78. The first kappa shape index (κ1) is 20.0. The Morgan fingerprint density at radius 1 is 1.10 bits per heavy atom. The number of halogens is 1. The lowest BCUT2D eigenvalue weighted by Crippen LogP contribution is -2.32. The van der Waals surface area contributed by atoms with Gasteiger partial charge in [0.15, 0.2) is 0 Å². The highest BCUT2D eigenvalue weighted by molar-refractivity contribution is 6.04. The zero-order chi connectivity index (χ0) is 21.0. The molecule has 0 bridgehead atoms. The summed E-state index contributed by atoms with van der Waals surface area (Å²) < 4.78 is 15.7. The van der Waals surface area contributed by atoms with Crippen LogP contribution in [0.5, 0.6) is 0 Å². The molecule has 2 aromatic heterocycles. The van der Waals surface area contributed by atoms with Crippen LogP contribution in [0, 0.1) is 12.7 Å². The second-order valence-corrected chi connectivity index (χ2v) is 6.54. The third kappa shape index (κ3) is 5.16. The number of nitrogens with one attached hydrogen (secondary N) is 2. The highest BCUT2D eigenvalue weighted by Gasteiger charge is 2.12. The second-order valence-electron chi connectivity index (χ2n) is 6.54. The lowest BCUT2D eigenvalue weighted by Gasteiger charge is -2.09. The molecule has 0 spiro atoms. The molecule has 150 valence electrons. The van der Waals surface area contributed by atoms with Crippen LogP contribution in [0.2, 0.25) is 0 Å². The van der Waals surface area contributed by atoms with Crippen LogP contribution in [-0.4, -0.2) is 26.2 Å². The number of carbonyl (C=O) groups is 2. The quantitative estimate of drug-likeness (QED) is 0.660. The molecule has 0 aliphatic rings. The van der Waals surface area contributed by atoms with Gasteiger partial charge in [-0.15, -0.1) is 0 Å². The van der Waals surface area contributed by atoms with Gasteiger partial charge in [-0.25, -0.2) is 4.39 Å². The first-order chi connectivity index (χ1) is 13.8. The Bertz CT molecular complexity index is 1100. The summed E-state index contributed by atoms with van der Waals surface area (Å²) in [6.07, 6.45) is 3.01. The highest BCUT2D eigenvalue weighted by Crippen LogP contribution is 2.13. The Morgan fingerprint density at radius 3 is 2.48 bits per heavy atom. The van der Waals surface area contributed by atoms with E-state index >= 15 is 0 Å². The summed E-state index contributed by atoms with van der Waals surface area (Å²) in [7, 11) is 1.74. The van der Waals surface area contributed by atoms with E-state index in [0.717, 1.165) is 10.1 Å². The Labute approximate surface area is 166 Å². The molecule has 0 unspecified atom stereocenters. The van der Waals surface area contributed by atoms with Gasteiger partial charge in [-0.05, 0) is 30.7 Å². The number of hydrogen-bond acceptors (Lipinski definition) is 4. The summed E-state index contributed by atoms with van der Waals surface area (Å²) in [5, 5.41) is 9.54. The number of benzene rings is 1. The fraction of sp³-hybridized carbons (Fsp3) is 0.200. The summed E-state index contributed by atoms with van der Waals surface area (Å²) in [6.45, 7) is 1.73. The van der Waals surface area contributed by atoms with Gasteiger partial charge in [0.1, 0.15) is 12.4 Å². The van der Waals surface area contributed by atoms with Crippen LogP contribution in [0.3, 0.4) is 0 Å². The molecule has 2 amide bonds. The normalized spacial score (nSPS) is 10.6. The molecule has 2 heterocycles. The molecular formula is C20H20FN5O3. The average Bonchev–Trinajstić information content (AvgIpc) is 2.99. The lowest BCUT2D eigenvalue weighted by molar-refractivity contribution is -0.121. The average molecular weight is 397 g/mol. The smallest absolute Gasteiger partial charge is 0.257 e. The van der Waals surface area contributed by atoms with Gasteiger partial charge in [-0.1, -0.05) is 12.1 Å². The molecule has 0 saturated carbocycles. The van der Waals surface area contributed by atoms with Crippen molar-refractivity contribution in [2.24, 2.45) is 7.05 Å². The second kappa shape index (κ2) is 8.51. The number of carbonyl (C=O) groups excluding carboxylic acids is 2. The third-order valence-electron chi connectivity index (χ3n) is 4.22. The van der Waals surface area contributed by atoms with Gasteiger partial charge in [-0.3, -0.25) is 19.1 Å².